The van der Waals surface area contributed by atoms with Crippen LogP contribution < -0.4 is 10.7 Å². The second-order valence-corrected chi connectivity index (χ2v) is 10.8. The van der Waals surface area contributed by atoms with Gasteiger partial charge >= 0.3 is 0 Å². The number of hydrazone groups is 1. The third-order valence-electron chi connectivity index (χ3n) is 5.13. The van der Waals surface area contributed by atoms with E-state index in [4.69, 9.17) is 0 Å². The fourth-order valence-corrected chi connectivity index (χ4v) is 4.16. The third-order valence-corrected chi connectivity index (χ3v) is 7.44. The SMILES string of the molecule is C/C(=N/NC(=O)C1(C)CC1(Br)Br)c1ccc(NC(=O)C2CCC2)cc1. The lowest BCUT2D eigenvalue weighted by Gasteiger charge is -2.24. The van der Waals surface area contributed by atoms with Gasteiger partial charge in [-0.2, -0.15) is 5.10 Å². The smallest absolute Gasteiger partial charge is 0.248 e. The molecule has 2 amide bonds. The number of hydrogen-bond acceptors (Lipinski definition) is 3. The van der Waals surface area contributed by atoms with E-state index >= 15 is 0 Å². The topological polar surface area (TPSA) is 70.6 Å². The summed E-state index contributed by atoms with van der Waals surface area (Å²) in [6.07, 6.45) is 3.83. The first-order chi connectivity index (χ1) is 11.7. The van der Waals surface area contributed by atoms with Crippen LogP contribution in [-0.2, 0) is 9.59 Å². The average molecular weight is 471 g/mol. The first kappa shape index (κ1) is 18.6. The zero-order chi connectivity index (χ0) is 18.2. The number of carbonyl (C=O) groups is 2. The Morgan fingerprint density at radius 1 is 1.20 bits per heavy atom. The van der Waals surface area contributed by atoms with Crippen molar-refractivity contribution in [2.75, 3.05) is 5.32 Å². The summed E-state index contributed by atoms with van der Waals surface area (Å²) in [4.78, 5) is 24.2. The third kappa shape index (κ3) is 3.82. The van der Waals surface area contributed by atoms with Crippen LogP contribution >= 0.6 is 31.9 Å². The highest BCUT2D eigenvalue weighted by Crippen LogP contribution is 2.66. The molecule has 0 spiro atoms. The van der Waals surface area contributed by atoms with Gasteiger partial charge in [0, 0.05) is 11.6 Å². The molecule has 0 saturated heterocycles. The van der Waals surface area contributed by atoms with Crippen LogP contribution in [0.4, 0.5) is 5.69 Å². The molecule has 1 aromatic carbocycles. The molecule has 7 heteroatoms. The molecular formula is C18H21Br2N3O2. The molecule has 2 aliphatic rings. The van der Waals surface area contributed by atoms with E-state index in [2.05, 4.69) is 47.7 Å². The van der Waals surface area contributed by atoms with Crippen molar-refractivity contribution in [2.45, 2.75) is 42.8 Å². The van der Waals surface area contributed by atoms with Crippen LogP contribution in [-0.4, -0.2) is 20.8 Å². The molecule has 1 atom stereocenters. The highest BCUT2D eigenvalue weighted by atomic mass is 79.9. The van der Waals surface area contributed by atoms with Gasteiger partial charge in [0.15, 0.2) is 0 Å². The minimum atomic E-state index is -0.494. The van der Waals surface area contributed by atoms with Crippen LogP contribution in [0.1, 0.15) is 45.1 Å². The highest BCUT2D eigenvalue weighted by molar-refractivity contribution is 9.25. The molecular weight excluding hydrogens is 450 g/mol. The number of anilines is 1. The lowest BCUT2D eigenvalue weighted by atomic mass is 9.85. The van der Waals surface area contributed by atoms with Crippen LogP contribution in [0, 0.1) is 11.3 Å². The molecule has 2 aliphatic carbocycles. The second kappa shape index (κ2) is 6.83. The summed E-state index contributed by atoms with van der Waals surface area (Å²) in [6, 6.07) is 7.49. The lowest BCUT2D eigenvalue weighted by Crippen LogP contribution is -2.30. The van der Waals surface area contributed by atoms with Gasteiger partial charge in [-0.25, -0.2) is 5.43 Å². The number of benzene rings is 1. The molecule has 0 radical (unpaired) electrons. The normalized spacial score (nSPS) is 25.0. The number of halogens is 2. The zero-order valence-electron chi connectivity index (χ0n) is 14.2. The molecule has 2 N–H and O–H groups in total. The maximum absolute atomic E-state index is 12.2. The van der Waals surface area contributed by atoms with Gasteiger partial charge in [0.25, 0.3) is 0 Å². The zero-order valence-corrected chi connectivity index (χ0v) is 17.4. The van der Waals surface area contributed by atoms with Crippen LogP contribution in [0.3, 0.4) is 0 Å². The van der Waals surface area contributed by atoms with E-state index in [9.17, 15) is 9.59 Å². The van der Waals surface area contributed by atoms with E-state index in [1.807, 2.05) is 38.1 Å². The largest absolute Gasteiger partial charge is 0.326 e. The van der Waals surface area contributed by atoms with Gasteiger partial charge in [-0.05, 0) is 50.8 Å². The summed E-state index contributed by atoms with van der Waals surface area (Å²) in [7, 11) is 0. The minimum absolute atomic E-state index is 0.0994. The number of rotatable bonds is 5. The quantitative estimate of drug-likeness (QED) is 0.385. The molecule has 2 saturated carbocycles. The summed E-state index contributed by atoms with van der Waals surface area (Å²) >= 11 is 6.96. The van der Waals surface area contributed by atoms with Crippen molar-refractivity contribution < 1.29 is 9.59 Å². The monoisotopic (exact) mass is 469 g/mol. The van der Waals surface area contributed by atoms with Crippen LogP contribution in [0.5, 0.6) is 0 Å². The molecule has 3 rings (SSSR count). The lowest BCUT2D eigenvalue weighted by molar-refractivity contribution is -0.125. The molecule has 1 aromatic rings. The minimum Gasteiger partial charge on any atom is -0.326 e. The molecule has 5 nitrogen and oxygen atoms in total. The van der Waals surface area contributed by atoms with E-state index in [1.165, 1.54) is 0 Å². The van der Waals surface area contributed by atoms with Gasteiger partial charge in [-0.1, -0.05) is 50.4 Å². The van der Waals surface area contributed by atoms with Gasteiger partial charge in [-0.3, -0.25) is 9.59 Å². The van der Waals surface area contributed by atoms with Gasteiger partial charge < -0.3 is 5.32 Å². The molecule has 2 fully saturated rings. The van der Waals surface area contributed by atoms with Crippen molar-refractivity contribution in [1.82, 2.24) is 5.43 Å². The van der Waals surface area contributed by atoms with Crippen LogP contribution in [0.15, 0.2) is 29.4 Å². The Hall–Kier alpha value is -1.21. The summed E-state index contributed by atoms with van der Waals surface area (Å²) in [6.45, 7) is 3.73. The number of carbonyl (C=O) groups excluding carboxylic acids is 2. The number of alkyl halides is 2. The Morgan fingerprint density at radius 2 is 1.80 bits per heavy atom. The first-order valence-electron chi connectivity index (χ1n) is 8.37. The van der Waals surface area contributed by atoms with Crippen molar-refractivity contribution in [2.24, 2.45) is 16.4 Å². The maximum atomic E-state index is 12.2. The van der Waals surface area contributed by atoms with Crippen molar-refractivity contribution in [3.8, 4) is 0 Å². The summed E-state index contributed by atoms with van der Waals surface area (Å²) in [5, 5.41) is 7.13. The molecule has 0 aromatic heterocycles. The Balaban J connectivity index is 1.57. The van der Waals surface area contributed by atoms with Crippen molar-refractivity contribution in [3.63, 3.8) is 0 Å². The van der Waals surface area contributed by atoms with E-state index in [0.29, 0.717) is 5.71 Å². The Labute approximate surface area is 164 Å². The number of nitrogens with one attached hydrogen (secondary N) is 2. The van der Waals surface area contributed by atoms with E-state index in [-0.39, 0.29) is 21.0 Å². The van der Waals surface area contributed by atoms with E-state index < -0.39 is 5.41 Å². The molecule has 134 valence electrons. The Bertz CT molecular complexity index is 726. The van der Waals surface area contributed by atoms with Gasteiger partial charge in [0.1, 0.15) is 0 Å². The molecule has 0 heterocycles. The standard InChI is InChI=1S/C18H21Br2N3O2/c1-11(22-23-16(25)17(2)10-18(17,19)20)12-6-8-14(9-7-12)21-15(24)13-4-3-5-13/h6-9,13H,3-5,10H2,1-2H3,(H,21,24)(H,23,25)/b22-11-. The van der Waals surface area contributed by atoms with Crippen molar-refractivity contribution in [1.29, 1.82) is 0 Å². The van der Waals surface area contributed by atoms with Crippen molar-refractivity contribution in [3.05, 3.63) is 29.8 Å². The van der Waals surface area contributed by atoms with Gasteiger partial charge in [-0.15, -0.1) is 0 Å². The maximum Gasteiger partial charge on any atom is 0.248 e. The predicted octanol–water partition coefficient (Wildman–Crippen LogP) is 4.16. The summed E-state index contributed by atoms with van der Waals surface area (Å²) in [5.74, 6) is 0.144. The molecule has 25 heavy (non-hydrogen) atoms. The Kier molecular flexibility index (Phi) is 5.08. The van der Waals surface area contributed by atoms with Crippen LogP contribution in [0.2, 0.25) is 0 Å². The van der Waals surface area contributed by atoms with Gasteiger partial charge in [0.05, 0.1) is 14.4 Å². The summed E-state index contributed by atoms with van der Waals surface area (Å²) < 4.78 is -0.333. The van der Waals surface area contributed by atoms with E-state index in [1.54, 1.807) is 0 Å². The van der Waals surface area contributed by atoms with Gasteiger partial charge in [0.2, 0.25) is 11.8 Å². The van der Waals surface area contributed by atoms with E-state index in [0.717, 1.165) is 36.9 Å². The predicted molar refractivity (Wildman–Crippen MR) is 106 cm³/mol. The number of amides is 2. The average Bonchev–Trinajstić information content (AvgIpc) is 3.03. The summed E-state index contributed by atoms with van der Waals surface area (Å²) in [5.41, 5.74) is 4.53. The van der Waals surface area contributed by atoms with Crippen LogP contribution in [0.25, 0.3) is 0 Å². The fourth-order valence-electron chi connectivity index (χ4n) is 2.68. The Morgan fingerprint density at radius 3 is 2.28 bits per heavy atom. The second-order valence-electron chi connectivity index (χ2n) is 7.05. The molecule has 1 unspecified atom stereocenters. The van der Waals surface area contributed by atoms with Crippen molar-refractivity contribution >= 4 is 55.1 Å². The first-order valence-corrected chi connectivity index (χ1v) is 9.95. The molecule has 0 aliphatic heterocycles. The fraction of sp³-hybridized carbons (Fsp3) is 0.500. The number of hydrogen-bond donors (Lipinski definition) is 2. The highest BCUT2D eigenvalue weighted by Gasteiger charge is 2.66. The molecule has 0 bridgehead atoms. The number of nitrogens with zero attached hydrogens (tertiary/aromatic N) is 1.